The van der Waals surface area contributed by atoms with Gasteiger partial charge >= 0.3 is 0 Å². The van der Waals surface area contributed by atoms with Gasteiger partial charge in [0.2, 0.25) is 5.89 Å². The highest BCUT2D eigenvalue weighted by Gasteiger charge is 2.25. The van der Waals surface area contributed by atoms with Gasteiger partial charge in [-0.2, -0.15) is 0 Å². The van der Waals surface area contributed by atoms with Crippen molar-refractivity contribution in [3.8, 4) is 0 Å². The van der Waals surface area contributed by atoms with Gasteiger partial charge < -0.3 is 14.7 Å². The Kier molecular flexibility index (Phi) is 5.73. The van der Waals surface area contributed by atoms with Crippen LogP contribution in [0.2, 0.25) is 0 Å². The maximum atomic E-state index is 13.3. The Morgan fingerprint density at radius 2 is 1.97 bits per heavy atom. The van der Waals surface area contributed by atoms with E-state index in [-0.39, 0.29) is 17.8 Å². The van der Waals surface area contributed by atoms with Crippen molar-refractivity contribution in [3.05, 3.63) is 89.5 Å². The number of oxazole rings is 1. The van der Waals surface area contributed by atoms with E-state index in [0.717, 1.165) is 36.9 Å². The van der Waals surface area contributed by atoms with Crippen LogP contribution in [0.25, 0.3) is 10.9 Å². The summed E-state index contributed by atoms with van der Waals surface area (Å²) in [6, 6.07) is 15.0. The van der Waals surface area contributed by atoms with Crippen molar-refractivity contribution in [3.63, 3.8) is 0 Å². The fourth-order valence-electron chi connectivity index (χ4n) is 3.85. The minimum atomic E-state index is -0.252. The van der Waals surface area contributed by atoms with Gasteiger partial charge in [0.05, 0.1) is 6.54 Å². The van der Waals surface area contributed by atoms with Crippen LogP contribution < -0.4 is 5.32 Å². The lowest BCUT2D eigenvalue weighted by Gasteiger charge is -2.21. The van der Waals surface area contributed by atoms with Crippen LogP contribution >= 0.6 is 0 Å². The maximum absolute atomic E-state index is 13.3. The predicted octanol–water partition coefficient (Wildman–Crippen LogP) is 4.43. The number of aromatic amines is 1. The summed E-state index contributed by atoms with van der Waals surface area (Å²) in [5.41, 5.74) is 3.67. The number of hydrogen-bond acceptors (Lipinski definition) is 4. The number of para-hydroxylation sites is 1. The highest BCUT2D eigenvalue weighted by atomic mass is 19.1. The zero-order valence-corrected chi connectivity index (χ0v) is 17.7. The summed E-state index contributed by atoms with van der Waals surface area (Å²) in [6.07, 6.45) is 6.35. The number of halogens is 1. The Bertz CT molecular complexity index is 1210. The Hall–Kier alpha value is -3.45. The molecule has 1 fully saturated rings. The standard InChI is InChI=1S/C25H25FN4O2/c26-19-7-5-17(6-8-19)14-30(12-11-18-13-27-22-4-2-1-3-21(18)22)15-24-29-23(16-32-24)25(31)28-20-9-10-20/h1-8,13,16,20,27H,9-12,14-15H2,(H,28,31). The molecule has 4 aromatic rings. The molecular formula is C25H25FN4O2. The molecule has 1 amide bonds. The lowest BCUT2D eigenvalue weighted by molar-refractivity contribution is 0.0946. The van der Waals surface area contributed by atoms with Crippen LogP contribution in [0.5, 0.6) is 0 Å². The zero-order chi connectivity index (χ0) is 21.9. The summed E-state index contributed by atoms with van der Waals surface area (Å²) < 4.78 is 18.9. The van der Waals surface area contributed by atoms with Crippen molar-refractivity contribution in [1.82, 2.24) is 20.2 Å². The first kappa shape index (κ1) is 20.5. The van der Waals surface area contributed by atoms with Crippen molar-refractivity contribution in [1.29, 1.82) is 0 Å². The van der Waals surface area contributed by atoms with Gasteiger partial charge in [0.25, 0.3) is 5.91 Å². The molecule has 0 radical (unpaired) electrons. The molecular weight excluding hydrogens is 407 g/mol. The first-order valence-electron chi connectivity index (χ1n) is 10.9. The monoisotopic (exact) mass is 432 g/mol. The maximum Gasteiger partial charge on any atom is 0.273 e. The largest absolute Gasteiger partial charge is 0.447 e. The summed E-state index contributed by atoms with van der Waals surface area (Å²) in [7, 11) is 0. The Labute approximate surface area is 185 Å². The molecule has 2 aromatic carbocycles. The normalized spacial score (nSPS) is 13.7. The SMILES string of the molecule is O=C(NC1CC1)c1coc(CN(CCc2c[nH]c3ccccc23)Cc2ccc(F)cc2)n1. The van der Waals surface area contributed by atoms with E-state index in [0.29, 0.717) is 24.7 Å². The van der Waals surface area contributed by atoms with Crippen molar-refractivity contribution >= 4 is 16.8 Å². The number of hydrogen-bond donors (Lipinski definition) is 2. The lowest BCUT2D eigenvalue weighted by Crippen LogP contribution is -2.27. The van der Waals surface area contributed by atoms with Crippen LogP contribution in [0.15, 0.2) is 65.4 Å². The molecule has 32 heavy (non-hydrogen) atoms. The fraction of sp³-hybridized carbons (Fsp3) is 0.280. The second-order valence-corrected chi connectivity index (χ2v) is 8.32. The molecule has 0 unspecified atom stereocenters. The third kappa shape index (κ3) is 4.89. The molecule has 0 aliphatic heterocycles. The summed E-state index contributed by atoms with van der Waals surface area (Å²) in [5, 5.41) is 4.14. The van der Waals surface area contributed by atoms with Crippen LogP contribution in [0.3, 0.4) is 0 Å². The summed E-state index contributed by atoms with van der Waals surface area (Å²) in [5.74, 6) is 0.0523. The van der Waals surface area contributed by atoms with Gasteiger partial charge in [-0.05, 0) is 48.6 Å². The van der Waals surface area contributed by atoms with Crippen LogP contribution in [0, 0.1) is 5.82 Å². The van der Waals surface area contributed by atoms with Crippen molar-refractivity contribution in [2.75, 3.05) is 6.54 Å². The van der Waals surface area contributed by atoms with Crippen molar-refractivity contribution in [2.45, 2.75) is 38.4 Å². The third-order valence-electron chi connectivity index (χ3n) is 5.75. The van der Waals surface area contributed by atoms with Gasteiger partial charge in [-0.1, -0.05) is 30.3 Å². The molecule has 0 spiro atoms. The van der Waals surface area contributed by atoms with E-state index >= 15 is 0 Å². The first-order valence-corrected chi connectivity index (χ1v) is 10.9. The number of nitrogens with one attached hydrogen (secondary N) is 2. The number of rotatable bonds is 9. The number of carbonyl (C=O) groups excluding carboxylic acids is 1. The topological polar surface area (TPSA) is 74.2 Å². The molecule has 7 heteroatoms. The van der Waals surface area contributed by atoms with Gasteiger partial charge in [0, 0.05) is 36.2 Å². The van der Waals surface area contributed by atoms with Crippen molar-refractivity contribution < 1.29 is 13.6 Å². The Morgan fingerprint density at radius 1 is 1.16 bits per heavy atom. The second-order valence-electron chi connectivity index (χ2n) is 8.32. The number of amides is 1. The van der Waals surface area contributed by atoms with E-state index in [9.17, 15) is 9.18 Å². The molecule has 0 saturated heterocycles. The quantitative estimate of drug-likeness (QED) is 0.410. The zero-order valence-electron chi connectivity index (χ0n) is 17.7. The molecule has 164 valence electrons. The molecule has 0 bridgehead atoms. The van der Waals surface area contributed by atoms with E-state index in [2.05, 4.69) is 32.3 Å². The molecule has 2 heterocycles. The average molecular weight is 432 g/mol. The molecule has 5 rings (SSSR count). The van der Waals surface area contributed by atoms with Crippen LogP contribution in [0.4, 0.5) is 4.39 Å². The first-order chi connectivity index (χ1) is 15.6. The van der Waals surface area contributed by atoms with E-state index in [4.69, 9.17) is 4.42 Å². The minimum absolute atomic E-state index is 0.189. The van der Waals surface area contributed by atoms with E-state index < -0.39 is 0 Å². The fourth-order valence-corrected chi connectivity index (χ4v) is 3.85. The number of fused-ring (bicyclic) bond motifs is 1. The highest BCUT2D eigenvalue weighted by Crippen LogP contribution is 2.21. The average Bonchev–Trinajstić information content (AvgIpc) is 3.32. The molecule has 1 saturated carbocycles. The minimum Gasteiger partial charge on any atom is -0.447 e. The van der Waals surface area contributed by atoms with E-state index in [1.807, 2.05) is 18.3 Å². The molecule has 1 aliphatic carbocycles. The molecule has 0 atom stereocenters. The highest BCUT2D eigenvalue weighted by molar-refractivity contribution is 5.92. The van der Waals surface area contributed by atoms with Gasteiger partial charge in [0.1, 0.15) is 12.1 Å². The Morgan fingerprint density at radius 3 is 2.78 bits per heavy atom. The van der Waals surface area contributed by atoms with Gasteiger partial charge in [-0.3, -0.25) is 9.69 Å². The summed E-state index contributed by atoms with van der Waals surface area (Å²) in [6.45, 7) is 1.83. The number of carbonyl (C=O) groups is 1. The lowest BCUT2D eigenvalue weighted by atomic mass is 10.1. The van der Waals surface area contributed by atoms with E-state index in [1.165, 1.54) is 29.3 Å². The molecule has 2 aromatic heterocycles. The molecule has 1 aliphatic rings. The number of aromatic nitrogens is 2. The van der Waals surface area contributed by atoms with Gasteiger partial charge in [0.15, 0.2) is 5.69 Å². The summed E-state index contributed by atoms with van der Waals surface area (Å²) in [4.78, 5) is 22.1. The smallest absolute Gasteiger partial charge is 0.273 e. The predicted molar refractivity (Wildman–Crippen MR) is 120 cm³/mol. The van der Waals surface area contributed by atoms with Crippen LogP contribution in [0.1, 0.15) is 40.3 Å². The van der Waals surface area contributed by atoms with Gasteiger partial charge in [-0.15, -0.1) is 0 Å². The summed E-state index contributed by atoms with van der Waals surface area (Å²) >= 11 is 0. The Balaban J connectivity index is 1.30. The van der Waals surface area contributed by atoms with Crippen molar-refractivity contribution in [2.24, 2.45) is 0 Å². The van der Waals surface area contributed by atoms with Crippen LogP contribution in [-0.4, -0.2) is 33.4 Å². The second kappa shape index (κ2) is 8.96. The number of H-pyrrole nitrogens is 1. The molecule has 2 N–H and O–H groups in total. The van der Waals surface area contributed by atoms with E-state index in [1.54, 1.807) is 12.1 Å². The third-order valence-corrected chi connectivity index (χ3v) is 5.75. The number of benzene rings is 2. The number of nitrogens with zero attached hydrogens (tertiary/aromatic N) is 2. The van der Waals surface area contributed by atoms with Gasteiger partial charge in [-0.25, -0.2) is 9.37 Å². The molecule has 6 nitrogen and oxygen atoms in total. The van der Waals surface area contributed by atoms with Crippen LogP contribution in [-0.2, 0) is 19.5 Å².